The van der Waals surface area contributed by atoms with Gasteiger partial charge in [-0.05, 0) is 0 Å². The number of hydrogen-bond acceptors (Lipinski definition) is 1. The van der Waals surface area contributed by atoms with E-state index in [-0.39, 0.29) is 6.07 Å². The highest BCUT2D eigenvalue weighted by molar-refractivity contribution is 8.33. The standard InChI is InChI=1S/C5H2ClF6NS/c6-2-1-3(7)13-5(8)4(2)14(9,10,11)12/h1,14H. The van der Waals surface area contributed by atoms with E-state index in [4.69, 9.17) is 11.6 Å². The lowest BCUT2D eigenvalue weighted by Gasteiger charge is -2.29. The average Bonchev–Trinajstić information content (AvgIpc) is 1.76. The number of halogens is 7. The molecule has 0 aromatic carbocycles. The van der Waals surface area contributed by atoms with E-state index < -0.39 is 32.5 Å². The Morgan fingerprint density at radius 3 is 2.00 bits per heavy atom. The van der Waals surface area contributed by atoms with Crippen LogP contribution in [-0.2, 0) is 0 Å². The molecule has 0 unspecified atom stereocenters. The highest BCUT2D eigenvalue weighted by Crippen LogP contribution is 2.83. The van der Waals surface area contributed by atoms with Crippen LogP contribution in [0.15, 0.2) is 11.0 Å². The Labute approximate surface area is 80.2 Å². The number of hydrogen-bond donors (Lipinski definition) is 1. The SMILES string of the molecule is Fc1cc(Cl)c([SH](F)(F)(F)F)c(F)n1. The molecule has 1 aromatic rings. The Hall–Kier alpha value is -0.630. The average molecular weight is 258 g/mol. The lowest BCUT2D eigenvalue weighted by atomic mass is 10.5. The van der Waals surface area contributed by atoms with Crippen LogP contribution in [0.4, 0.5) is 24.3 Å². The maximum Gasteiger partial charge on any atom is 0.236 e. The Morgan fingerprint density at radius 1 is 1.14 bits per heavy atom. The summed E-state index contributed by atoms with van der Waals surface area (Å²) in [6.45, 7) is 0. The van der Waals surface area contributed by atoms with Crippen molar-refractivity contribution in [3.05, 3.63) is 23.0 Å². The fourth-order valence-electron chi connectivity index (χ4n) is 0.751. The van der Waals surface area contributed by atoms with Crippen LogP contribution in [0, 0.1) is 11.9 Å². The Bertz CT molecular complexity index is 355. The molecule has 0 aliphatic rings. The summed E-state index contributed by atoms with van der Waals surface area (Å²) in [6, 6.07) is 0.0969. The van der Waals surface area contributed by atoms with Gasteiger partial charge in [0.1, 0.15) is 4.90 Å². The maximum atomic E-state index is 12.5. The van der Waals surface area contributed by atoms with Gasteiger partial charge in [0.15, 0.2) is 10.7 Å². The first kappa shape index (κ1) is 11.4. The first-order valence-corrected chi connectivity index (χ1v) is 5.17. The molecule has 14 heavy (non-hydrogen) atoms. The van der Waals surface area contributed by atoms with Crippen molar-refractivity contribution in [2.75, 3.05) is 0 Å². The van der Waals surface area contributed by atoms with Gasteiger partial charge in [0, 0.05) is 6.07 Å². The third-order valence-corrected chi connectivity index (χ3v) is 2.74. The summed E-state index contributed by atoms with van der Waals surface area (Å²) < 4.78 is 73.1. The van der Waals surface area contributed by atoms with Crippen LogP contribution in [-0.4, -0.2) is 4.98 Å². The van der Waals surface area contributed by atoms with Gasteiger partial charge in [-0.3, -0.25) is 0 Å². The number of nitrogens with zero attached hydrogens (tertiary/aromatic N) is 1. The van der Waals surface area contributed by atoms with Crippen LogP contribution >= 0.6 is 22.3 Å². The molecule has 1 nitrogen and oxygen atoms in total. The molecule has 0 radical (unpaired) electrons. The summed E-state index contributed by atoms with van der Waals surface area (Å²) in [6.07, 6.45) is 0. The Balaban J connectivity index is 3.52. The van der Waals surface area contributed by atoms with Crippen molar-refractivity contribution in [1.29, 1.82) is 0 Å². The third-order valence-electron chi connectivity index (χ3n) is 1.21. The minimum atomic E-state index is -8.35. The molecule has 1 rings (SSSR count). The highest BCUT2D eigenvalue weighted by atomic mass is 35.5. The van der Waals surface area contributed by atoms with Crippen molar-refractivity contribution in [2.45, 2.75) is 4.90 Å². The summed E-state index contributed by atoms with van der Waals surface area (Å²) in [4.78, 5) is -0.105. The molecule has 9 heteroatoms. The normalized spacial score (nSPS) is 14.9. The van der Waals surface area contributed by atoms with Gasteiger partial charge in [-0.2, -0.15) is 13.8 Å². The summed E-state index contributed by atoms with van der Waals surface area (Å²) in [5, 5.41) is -1.37. The summed E-state index contributed by atoms with van der Waals surface area (Å²) in [5.41, 5.74) is 0. The van der Waals surface area contributed by atoms with E-state index in [0.29, 0.717) is 0 Å². The Kier molecular flexibility index (Phi) is 2.39. The van der Waals surface area contributed by atoms with E-state index in [2.05, 4.69) is 4.98 Å². The second-order valence-electron chi connectivity index (χ2n) is 2.29. The highest BCUT2D eigenvalue weighted by Gasteiger charge is 2.45. The zero-order valence-corrected chi connectivity index (χ0v) is 7.77. The molecule has 0 aliphatic heterocycles. The van der Waals surface area contributed by atoms with Crippen molar-refractivity contribution in [3.63, 3.8) is 0 Å². The van der Waals surface area contributed by atoms with E-state index >= 15 is 0 Å². The number of aromatic nitrogens is 1. The van der Waals surface area contributed by atoms with E-state index in [1.165, 1.54) is 0 Å². The first-order chi connectivity index (χ1) is 6.08. The minimum Gasteiger partial charge on any atom is -0.189 e. The van der Waals surface area contributed by atoms with E-state index in [9.17, 15) is 24.3 Å². The molecule has 0 saturated carbocycles. The van der Waals surface area contributed by atoms with Gasteiger partial charge in [-0.25, -0.2) is 0 Å². The van der Waals surface area contributed by atoms with Gasteiger partial charge < -0.3 is 0 Å². The van der Waals surface area contributed by atoms with Gasteiger partial charge in [0.25, 0.3) is 0 Å². The smallest absolute Gasteiger partial charge is 0.189 e. The predicted molar refractivity (Wildman–Crippen MR) is 40.8 cm³/mol. The zero-order valence-electron chi connectivity index (χ0n) is 6.12. The van der Waals surface area contributed by atoms with Crippen LogP contribution in [0.5, 0.6) is 0 Å². The summed E-state index contributed by atoms with van der Waals surface area (Å²) in [7, 11) is -8.35. The van der Waals surface area contributed by atoms with Gasteiger partial charge in [-0.1, -0.05) is 11.6 Å². The van der Waals surface area contributed by atoms with E-state index in [0.717, 1.165) is 0 Å². The molecule has 0 fully saturated rings. The van der Waals surface area contributed by atoms with Gasteiger partial charge in [0.2, 0.25) is 11.9 Å². The molecular weight excluding hydrogens is 256 g/mol. The number of pyridine rings is 1. The van der Waals surface area contributed by atoms with Crippen LogP contribution in [0.3, 0.4) is 0 Å². The maximum absolute atomic E-state index is 12.5. The first-order valence-electron chi connectivity index (χ1n) is 2.99. The lowest BCUT2D eigenvalue weighted by molar-refractivity contribution is 0.451. The van der Waals surface area contributed by atoms with Crippen molar-refractivity contribution in [1.82, 2.24) is 4.98 Å². The quantitative estimate of drug-likeness (QED) is 0.456. The fourth-order valence-corrected chi connectivity index (χ4v) is 2.02. The second-order valence-corrected chi connectivity index (χ2v) is 4.58. The van der Waals surface area contributed by atoms with E-state index in [1.807, 2.05) is 0 Å². The molecular formula is C5H2ClF6NS. The van der Waals surface area contributed by atoms with Crippen LogP contribution in [0.25, 0.3) is 0 Å². The monoisotopic (exact) mass is 257 g/mol. The molecule has 0 bridgehead atoms. The van der Waals surface area contributed by atoms with Gasteiger partial charge >= 0.3 is 0 Å². The van der Waals surface area contributed by atoms with E-state index in [1.54, 1.807) is 0 Å². The molecule has 0 N–H and O–H groups in total. The molecule has 0 spiro atoms. The zero-order chi connectivity index (χ0) is 11.2. The molecule has 0 saturated heterocycles. The molecule has 0 aliphatic carbocycles. The van der Waals surface area contributed by atoms with Crippen LogP contribution in [0.2, 0.25) is 5.02 Å². The van der Waals surface area contributed by atoms with Crippen LogP contribution < -0.4 is 0 Å². The molecule has 1 heterocycles. The predicted octanol–water partition coefficient (Wildman–Crippen LogP) is 3.98. The third kappa shape index (κ3) is 2.24. The summed E-state index contributed by atoms with van der Waals surface area (Å²) >= 11 is 4.86. The number of rotatable bonds is 1. The topological polar surface area (TPSA) is 12.9 Å². The van der Waals surface area contributed by atoms with Crippen molar-refractivity contribution >= 4 is 22.3 Å². The number of thiol groups is 1. The van der Waals surface area contributed by atoms with Gasteiger partial charge in [0.05, 0.1) is 5.02 Å². The van der Waals surface area contributed by atoms with Crippen LogP contribution in [0.1, 0.15) is 0 Å². The summed E-state index contributed by atoms with van der Waals surface area (Å²) in [5.74, 6) is -3.83. The fraction of sp³-hybridized carbons (Fsp3) is 0. The molecule has 82 valence electrons. The molecule has 1 aromatic heterocycles. The Morgan fingerprint density at radius 2 is 1.64 bits per heavy atom. The molecule has 0 atom stereocenters. The van der Waals surface area contributed by atoms with Crippen molar-refractivity contribution in [2.24, 2.45) is 0 Å². The van der Waals surface area contributed by atoms with Crippen molar-refractivity contribution in [3.8, 4) is 0 Å². The second kappa shape index (κ2) is 2.93. The van der Waals surface area contributed by atoms with Gasteiger partial charge in [-0.15, -0.1) is 15.5 Å². The molecule has 0 amide bonds. The lowest BCUT2D eigenvalue weighted by Crippen LogP contribution is -2.01. The largest absolute Gasteiger partial charge is 0.236 e. The minimum absolute atomic E-state index is 0.0969. The van der Waals surface area contributed by atoms with Crippen molar-refractivity contribution < 1.29 is 24.3 Å².